The van der Waals surface area contributed by atoms with E-state index in [1.807, 2.05) is 6.07 Å². The molecular formula is C13H18O6S2. The van der Waals surface area contributed by atoms with Crippen LogP contribution >= 0.6 is 0 Å². The Hall–Kier alpha value is -1.12. The minimum absolute atomic E-state index is 0.147. The van der Waals surface area contributed by atoms with E-state index in [9.17, 15) is 16.8 Å². The van der Waals surface area contributed by atoms with E-state index in [1.54, 1.807) is 12.1 Å². The van der Waals surface area contributed by atoms with Crippen molar-refractivity contribution in [1.82, 2.24) is 0 Å². The average Bonchev–Trinajstić information content (AvgIpc) is 2.33. The third-order valence-electron chi connectivity index (χ3n) is 3.27. The molecule has 1 aromatic carbocycles. The van der Waals surface area contributed by atoms with Gasteiger partial charge in [0.2, 0.25) is 0 Å². The molecule has 0 N–H and O–H groups in total. The summed E-state index contributed by atoms with van der Waals surface area (Å²) in [7, 11) is -6.94. The zero-order chi connectivity index (χ0) is 15.7. The van der Waals surface area contributed by atoms with Crippen LogP contribution in [-0.2, 0) is 37.3 Å². The van der Waals surface area contributed by atoms with Crippen molar-refractivity contribution in [3.8, 4) is 5.75 Å². The summed E-state index contributed by atoms with van der Waals surface area (Å²) < 4.78 is 53.9. The van der Waals surface area contributed by atoms with Gasteiger partial charge in [0, 0.05) is 0 Å². The first kappa shape index (κ1) is 16.3. The standard InChI is InChI=1S/C13H18O6S2/c1-20(14,15)18-9-10-3-4-12-8-13(19-21(2,16)17)6-5-11(12)7-10/h5-6,8,10H,3-4,7,9H2,1-2H3. The number of aryl methyl sites for hydroxylation is 1. The van der Waals surface area contributed by atoms with E-state index in [2.05, 4.69) is 0 Å². The van der Waals surface area contributed by atoms with Gasteiger partial charge in [-0.25, -0.2) is 0 Å². The highest BCUT2D eigenvalue weighted by atomic mass is 32.2. The molecule has 2 rings (SSSR count). The van der Waals surface area contributed by atoms with Crippen molar-refractivity contribution in [2.45, 2.75) is 19.3 Å². The maximum Gasteiger partial charge on any atom is 0.306 e. The summed E-state index contributed by atoms with van der Waals surface area (Å²) in [5.41, 5.74) is 2.11. The molecule has 1 atom stereocenters. The van der Waals surface area contributed by atoms with Crippen LogP contribution in [0.5, 0.6) is 5.75 Å². The summed E-state index contributed by atoms with van der Waals surface area (Å²) in [4.78, 5) is 0. The summed E-state index contributed by atoms with van der Waals surface area (Å²) in [6.07, 6.45) is 4.30. The Morgan fingerprint density at radius 1 is 1.10 bits per heavy atom. The van der Waals surface area contributed by atoms with Gasteiger partial charge in [0.1, 0.15) is 5.75 Å². The Morgan fingerprint density at radius 3 is 2.43 bits per heavy atom. The highest BCUT2D eigenvalue weighted by Gasteiger charge is 2.21. The van der Waals surface area contributed by atoms with Crippen molar-refractivity contribution in [1.29, 1.82) is 0 Å². The normalized spacial score (nSPS) is 19.0. The Labute approximate surface area is 125 Å². The summed E-state index contributed by atoms with van der Waals surface area (Å²) in [5, 5.41) is 0. The lowest BCUT2D eigenvalue weighted by atomic mass is 9.84. The zero-order valence-electron chi connectivity index (χ0n) is 11.9. The highest BCUT2D eigenvalue weighted by molar-refractivity contribution is 7.86. The van der Waals surface area contributed by atoms with Crippen LogP contribution in [0.15, 0.2) is 18.2 Å². The molecule has 118 valence electrons. The average molecular weight is 334 g/mol. The molecule has 0 fully saturated rings. The van der Waals surface area contributed by atoms with Crippen LogP contribution in [0.2, 0.25) is 0 Å². The van der Waals surface area contributed by atoms with Crippen LogP contribution in [0.25, 0.3) is 0 Å². The van der Waals surface area contributed by atoms with Crippen LogP contribution in [0.3, 0.4) is 0 Å². The molecule has 0 saturated heterocycles. The number of hydrogen-bond donors (Lipinski definition) is 0. The molecule has 0 amide bonds. The fourth-order valence-electron chi connectivity index (χ4n) is 2.40. The predicted octanol–water partition coefficient (Wildman–Crippen LogP) is 1.11. The smallest absolute Gasteiger partial charge is 0.306 e. The van der Waals surface area contributed by atoms with Crippen LogP contribution in [0.4, 0.5) is 0 Å². The van der Waals surface area contributed by atoms with E-state index in [1.165, 1.54) is 0 Å². The van der Waals surface area contributed by atoms with E-state index in [4.69, 9.17) is 8.37 Å². The van der Waals surface area contributed by atoms with Gasteiger partial charge >= 0.3 is 10.1 Å². The lowest BCUT2D eigenvalue weighted by molar-refractivity contribution is 0.241. The van der Waals surface area contributed by atoms with Gasteiger partial charge in [-0.1, -0.05) is 6.07 Å². The minimum Gasteiger partial charge on any atom is -0.383 e. The first-order valence-electron chi connectivity index (χ1n) is 6.48. The largest absolute Gasteiger partial charge is 0.383 e. The molecule has 8 heteroatoms. The Balaban J connectivity index is 2.06. The molecule has 6 nitrogen and oxygen atoms in total. The molecule has 1 aliphatic carbocycles. The number of rotatable bonds is 5. The molecule has 0 aliphatic heterocycles. The molecule has 1 aromatic rings. The van der Waals surface area contributed by atoms with Crippen molar-refractivity contribution >= 4 is 20.2 Å². The molecule has 0 radical (unpaired) electrons. The molecule has 0 heterocycles. The molecule has 0 bridgehead atoms. The fraction of sp³-hybridized carbons (Fsp3) is 0.538. The van der Waals surface area contributed by atoms with Gasteiger partial charge in [0.05, 0.1) is 19.1 Å². The lowest BCUT2D eigenvalue weighted by Crippen LogP contribution is -2.21. The summed E-state index contributed by atoms with van der Waals surface area (Å²) >= 11 is 0. The highest BCUT2D eigenvalue weighted by Crippen LogP contribution is 2.29. The van der Waals surface area contributed by atoms with Gasteiger partial charge in [0.15, 0.2) is 0 Å². The first-order chi connectivity index (χ1) is 9.62. The minimum atomic E-state index is -3.53. The second-order valence-corrected chi connectivity index (χ2v) is 8.53. The van der Waals surface area contributed by atoms with Crippen LogP contribution in [0, 0.1) is 5.92 Å². The molecule has 0 aromatic heterocycles. The molecule has 21 heavy (non-hydrogen) atoms. The Morgan fingerprint density at radius 2 is 1.81 bits per heavy atom. The second-order valence-electron chi connectivity index (χ2n) is 5.32. The van der Waals surface area contributed by atoms with Gasteiger partial charge < -0.3 is 4.18 Å². The Bertz CT molecular complexity index is 721. The van der Waals surface area contributed by atoms with Crippen LogP contribution in [0.1, 0.15) is 17.5 Å². The SMILES string of the molecule is CS(=O)(=O)OCC1CCc2cc(OS(C)(=O)=O)ccc2C1. The molecular weight excluding hydrogens is 316 g/mol. The van der Waals surface area contributed by atoms with Gasteiger partial charge in [-0.05, 0) is 48.4 Å². The van der Waals surface area contributed by atoms with Crippen molar-refractivity contribution < 1.29 is 25.2 Å². The van der Waals surface area contributed by atoms with Gasteiger partial charge in [-0.15, -0.1) is 0 Å². The molecule has 1 unspecified atom stereocenters. The van der Waals surface area contributed by atoms with Crippen LogP contribution < -0.4 is 4.18 Å². The van der Waals surface area contributed by atoms with Crippen molar-refractivity contribution in [3.63, 3.8) is 0 Å². The lowest BCUT2D eigenvalue weighted by Gasteiger charge is -2.24. The number of fused-ring (bicyclic) bond motifs is 1. The van der Waals surface area contributed by atoms with Gasteiger partial charge in [-0.3, -0.25) is 4.18 Å². The third kappa shape index (κ3) is 5.29. The van der Waals surface area contributed by atoms with E-state index >= 15 is 0 Å². The maximum absolute atomic E-state index is 11.1. The molecule has 0 spiro atoms. The van der Waals surface area contributed by atoms with E-state index in [0.717, 1.165) is 36.5 Å². The maximum atomic E-state index is 11.1. The van der Waals surface area contributed by atoms with E-state index in [0.29, 0.717) is 12.2 Å². The third-order valence-corrected chi connectivity index (χ3v) is 4.33. The molecule has 0 saturated carbocycles. The predicted molar refractivity (Wildman–Crippen MR) is 78.2 cm³/mol. The quantitative estimate of drug-likeness (QED) is 0.750. The van der Waals surface area contributed by atoms with E-state index in [-0.39, 0.29) is 12.5 Å². The van der Waals surface area contributed by atoms with Crippen LogP contribution in [-0.4, -0.2) is 36.0 Å². The number of benzene rings is 1. The topological polar surface area (TPSA) is 86.7 Å². The number of hydrogen-bond acceptors (Lipinski definition) is 6. The van der Waals surface area contributed by atoms with Gasteiger partial charge in [-0.2, -0.15) is 16.8 Å². The second kappa shape index (κ2) is 5.94. The fourth-order valence-corrected chi connectivity index (χ4v) is 3.29. The van der Waals surface area contributed by atoms with Crippen molar-refractivity contribution in [3.05, 3.63) is 29.3 Å². The Kier molecular flexibility index (Phi) is 4.60. The first-order valence-corrected chi connectivity index (χ1v) is 10.1. The summed E-state index contributed by atoms with van der Waals surface area (Å²) in [6.45, 7) is 0.180. The summed E-state index contributed by atoms with van der Waals surface area (Å²) in [6, 6.07) is 5.16. The van der Waals surface area contributed by atoms with Crippen molar-refractivity contribution in [2.75, 3.05) is 19.1 Å². The van der Waals surface area contributed by atoms with Gasteiger partial charge in [0.25, 0.3) is 10.1 Å². The zero-order valence-corrected chi connectivity index (χ0v) is 13.5. The summed E-state index contributed by atoms with van der Waals surface area (Å²) in [5.74, 6) is 0.455. The van der Waals surface area contributed by atoms with Crippen molar-refractivity contribution in [2.24, 2.45) is 5.92 Å². The molecule has 1 aliphatic rings. The monoisotopic (exact) mass is 334 g/mol. The van der Waals surface area contributed by atoms with E-state index < -0.39 is 20.2 Å².